The van der Waals surface area contributed by atoms with Crippen LogP contribution in [-0.4, -0.2) is 39.7 Å². The predicted octanol–water partition coefficient (Wildman–Crippen LogP) is 3.60. The minimum absolute atomic E-state index is 0.0588. The van der Waals surface area contributed by atoms with Crippen molar-refractivity contribution in [3.63, 3.8) is 0 Å². The third-order valence-corrected chi connectivity index (χ3v) is 6.65. The number of aromatic nitrogens is 3. The van der Waals surface area contributed by atoms with Crippen LogP contribution in [0.3, 0.4) is 0 Å². The first-order valence-electron chi connectivity index (χ1n) is 9.34. The number of carbonyl (C=O) groups excluding carboxylic acids is 1. The molecule has 4 heterocycles. The molecule has 0 saturated carbocycles. The monoisotopic (exact) mass is 436 g/mol. The third-order valence-electron chi connectivity index (χ3n) is 5.59. The van der Waals surface area contributed by atoms with Crippen LogP contribution in [0.4, 0.5) is 24.8 Å². The molecule has 0 aliphatic carbocycles. The lowest BCUT2D eigenvalue weighted by atomic mass is 9.74. The molecule has 1 saturated heterocycles. The van der Waals surface area contributed by atoms with Crippen LogP contribution in [0.2, 0.25) is 0 Å². The highest BCUT2D eigenvalue weighted by Crippen LogP contribution is 2.42. The van der Waals surface area contributed by atoms with Crippen LogP contribution in [0.1, 0.15) is 31.9 Å². The molecule has 4 rings (SSSR count). The molecule has 1 fully saturated rings. The number of amides is 1. The topological polar surface area (TPSA) is 97.4 Å². The third kappa shape index (κ3) is 3.85. The molecule has 158 valence electrons. The Morgan fingerprint density at radius 3 is 2.57 bits per heavy atom. The van der Waals surface area contributed by atoms with Gasteiger partial charge in [0, 0.05) is 41.7 Å². The van der Waals surface area contributed by atoms with E-state index in [0.29, 0.717) is 25.3 Å². The number of rotatable bonds is 3. The van der Waals surface area contributed by atoms with Crippen LogP contribution in [-0.2, 0) is 11.0 Å². The van der Waals surface area contributed by atoms with E-state index in [9.17, 15) is 18.0 Å². The van der Waals surface area contributed by atoms with Crippen LogP contribution >= 0.6 is 11.8 Å². The minimum atomic E-state index is -4.57. The summed E-state index contributed by atoms with van der Waals surface area (Å²) in [5, 5.41) is 0.190. The fourth-order valence-corrected chi connectivity index (χ4v) is 4.74. The Hall–Kier alpha value is -2.69. The smallest absolute Gasteiger partial charge is 0.381 e. The molecule has 0 bridgehead atoms. The van der Waals surface area contributed by atoms with Gasteiger partial charge in [0.1, 0.15) is 10.8 Å². The van der Waals surface area contributed by atoms with Gasteiger partial charge in [-0.3, -0.25) is 9.78 Å². The quantitative estimate of drug-likeness (QED) is 0.785. The van der Waals surface area contributed by atoms with E-state index in [1.807, 2.05) is 11.8 Å². The fourth-order valence-electron chi connectivity index (χ4n) is 3.87. The second-order valence-electron chi connectivity index (χ2n) is 7.40. The Morgan fingerprint density at radius 1 is 1.23 bits per heavy atom. The zero-order valence-corrected chi connectivity index (χ0v) is 16.9. The molecular formula is C19H19F3N6OS. The Morgan fingerprint density at radius 2 is 1.97 bits per heavy atom. The highest BCUT2D eigenvalue weighted by atomic mass is 32.2. The zero-order chi connectivity index (χ0) is 21.5. The van der Waals surface area contributed by atoms with Gasteiger partial charge in [-0.1, -0.05) is 11.8 Å². The van der Waals surface area contributed by atoms with Gasteiger partial charge in [-0.2, -0.15) is 13.2 Å². The van der Waals surface area contributed by atoms with Gasteiger partial charge in [-0.05, 0) is 31.9 Å². The Kier molecular flexibility index (Phi) is 5.16. The van der Waals surface area contributed by atoms with Crippen molar-refractivity contribution in [3.05, 3.63) is 30.2 Å². The molecular weight excluding hydrogens is 417 g/mol. The number of nitrogen functional groups attached to an aromatic ring is 1. The number of anilines is 2. The van der Waals surface area contributed by atoms with Gasteiger partial charge in [-0.25, -0.2) is 15.0 Å². The average Bonchev–Trinajstić information content (AvgIpc) is 2.96. The van der Waals surface area contributed by atoms with Gasteiger partial charge in [0.05, 0.1) is 6.20 Å². The second kappa shape index (κ2) is 7.53. The molecule has 0 radical (unpaired) electrons. The summed E-state index contributed by atoms with van der Waals surface area (Å²) in [5.41, 5.74) is 5.74. The van der Waals surface area contributed by atoms with Crippen molar-refractivity contribution in [1.82, 2.24) is 15.0 Å². The van der Waals surface area contributed by atoms with Crippen molar-refractivity contribution in [2.45, 2.75) is 42.3 Å². The van der Waals surface area contributed by atoms with Crippen molar-refractivity contribution in [1.29, 1.82) is 0 Å². The standard InChI is InChI=1S/C19H19F3N6OS/c1-11-18(9-14(29)26-11)4-7-28(8-5-18)13-10-25-17(16(23)27-13)30-12-3-2-6-24-15(12)19(20,21)22/h2-3,6,10H,4-5,7-9H2,1H3,(H2,23,27). The number of carbonyl (C=O) groups is 1. The SMILES string of the molecule is CC1=NC(=O)CC12CCN(c1cnc(Sc3cccnc3C(F)(F)F)c(N)n1)CC2. The molecule has 30 heavy (non-hydrogen) atoms. The van der Waals surface area contributed by atoms with Crippen LogP contribution < -0.4 is 10.6 Å². The number of aliphatic imine (C=N–C) groups is 1. The van der Waals surface area contributed by atoms with Crippen molar-refractivity contribution in [3.8, 4) is 0 Å². The molecule has 1 spiro atoms. The minimum Gasteiger partial charge on any atom is -0.381 e. The molecule has 2 N–H and O–H groups in total. The van der Waals surface area contributed by atoms with E-state index in [-0.39, 0.29) is 27.1 Å². The predicted molar refractivity (Wildman–Crippen MR) is 106 cm³/mol. The lowest BCUT2D eigenvalue weighted by molar-refractivity contribution is -0.143. The molecule has 2 aliphatic heterocycles. The van der Waals surface area contributed by atoms with Gasteiger partial charge in [0.2, 0.25) is 5.91 Å². The number of alkyl halides is 3. The number of nitrogens with zero attached hydrogens (tertiary/aromatic N) is 5. The summed E-state index contributed by atoms with van der Waals surface area (Å²) in [6, 6.07) is 2.75. The van der Waals surface area contributed by atoms with E-state index in [0.717, 1.165) is 36.5 Å². The maximum Gasteiger partial charge on any atom is 0.434 e. The summed E-state index contributed by atoms with van der Waals surface area (Å²) < 4.78 is 39.5. The first-order valence-corrected chi connectivity index (χ1v) is 10.2. The maximum absolute atomic E-state index is 13.2. The van der Waals surface area contributed by atoms with Crippen molar-refractivity contribution in [2.24, 2.45) is 10.4 Å². The van der Waals surface area contributed by atoms with E-state index < -0.39 is 11.9 Å². The van der Waals surface area contributed by atoms with Crippen molar-refractivity contribution in [2.75, 3.05) is 23.7 Å². The summed E-state index contributed by atoms with van der Waals surface area (Å²) in [6.07, 6.45) is 0.0361. The highest BCUT2D eigenvalue weighted by molar-refractivity contribution is 7.99. The maximum atomic E-state index is 13.2. The molecule has 2 aromatic heterocycles. The van der Waals surface area contributed by atoms with E-state index >= 15 is 0 Å². The molecule has 2 aliphatic rings. The second-order valence-corrected chi connectivity index (χ2v) is 8.43. The normalized spacial score (nSPS) is 18.7. The molecule has 7 nitrogen and oxygen atoms in total. The molecule has 0 unspecified atom stereocenters. The number of hydrogen-bond acceptors (Lipinski definition) is 7. The first-order chi connectivity index (χ1) is 14.2. The molecule has 0 atom stereocenters. The summed E-state index contributed by atoms with van der Waals surface area (Å²) >= 11 is 0.786. The largest absolute Gasteiger partial charge is 0.434 e. The van der Waals surface area contributed by atoms with Crippen LogP contribution in [0, 0.1) is 5.41 Å². The summed E-state index contributed by atoms with van der Waals surface area (Å²) in [7, 11) is 0. The summed E-state index contributed by atoms with van der Waals surface area (Å²) in [4.78, 5) is 29.7. The number of piperidine rings is 1. The first kappa shape index (κ1) is 20.6. The van der Waals surface area contributed by atoms with Gasteiger partial charge in [0.25, 0.3) is 0 Å². The van der Waals surface area contributed by atoms with Crippen LogP contribution in [0.15, 0.2) is 39.4 Å². The van der Waals surface area contributed by atoms with Gasteiger partial charge < -0.3 is 10.6 Å². The molecule has 2 aromatic rings. The van der Waals surface area contributed by atoms with Crippen LogP contribution in [0.5, 0.6) is 0 Å². The molecule has 0 aromatic carbocycles. The fraction of sp³-hybridized carbons (Fsp3) is 0.421. The average molecular weight is 436 g/mol. The number of pyridine rings is 1. The number of hydrogen-bond donors (Lipinski definition) is 1. The van der Waals surface area contributed by atoms with Gasteiger partial charge in [-0.15, -0.1) is 0 Å². The van der Waals surface area contributed by atoms with E-state index in [2.05, 4.69) is 19.9 Å². The van der Waals surface area contributed by atoms with Crippen molar-refractivity contribution < 1.29 is 18.0 Å². The molecule has 1 amide bonds. The molecule has 11 heteroatoms. The highest BCUT2D eigenvalue weighted by Gasteiger charge is 2.43. The summed E-state index contributed by atoms with van der Waals surface area (Å²) in [5.74, 6) is 0.552. The van der Waals surface area contributed by atoms with E-state index in [4.69, 9.17) is 5.73 Å². The van der Waals surface area contributed by atoms with Crippen molar-refractivity contribution >= 4 is 35.0 Å². The van der Waals surface area contributed by atoms with E-state index in [1.165, 1.54) is 18.3 Å². The zero-order valence-electron chi connectivity index (χ0n) is 16.1. The Balaban J connectivity index is 1.49. The lowest BCUT2D eigenvalue weighted by Gasteiger charge is -2.39. The van der Waals surface area contributed by atoms with Crippen LogP contribution in [0.25, 0.3) is 0 Å². The van der Waals surface area contributed by atoms with E-state index in [1.54, 1.807) is 0 Å². The number of nitrogens with two attached hydrogens (primary N) is 1. The van der Waals surface area contributed by atoms with Gasteiger partial charge >= 0.3 is 6.18 Å². The Bertz CT molecular complexity index is 1020. The Labute approximate surface area is 175 Å². The van der Waals surface area contributed by atoms with Gasteiger partial charge in [0.15, 0.2) is 11.5 Å². The summed E-state index contributed by atoms with van der Waals surface area (Å²) in [6.45, 7) is 3.24. The number of halogens is 3. The lowest BCUT2D eigenvalue weighted by Crippen LogP contribution is -2.43.